The Morgan fingerprint density at radius 1 is 1.15 bits per heavy atom. The van der Waals surface area contributed by atoms with Gasteiger partial charge in [-0.05, 0) is 37.7 Å². The number of sulfonamides is 1. The monoisotopic (exact) mass is 385 g/mol. The Morgan fingerprint density at radius 3 is 2.67 bits per heavy atom. The van der Waals surface area contributed by atoms with E-state index in [2.05, 4.69) is 19.8 Å². The number of nitrogens with one attached hydrogen (secondary N) is 1. The molecule has 2 aromatic heterocycles. The van der Waals surface area contributed by atoms with E-state index in [-0.39, 0.29) is 17.0 Å². The Bertz CT molecular complexity index is 1010. The highest BCUT2D eigenvalue weighted by atomic mass is 32.2. The molecular formula is C18H19N5O3S. The predicted octanol–water partition coefficient (Wildman–Crippen LogP) is 1.86. The van der Waals surface area contributed by atoms with Crippen LogP contribution < -0.4 is 4.72 Å². The zero-order valence-corrected chi connectivity index (χ0v) is 15.5. The Hall–Kier alpha value is -2.62. The number of aromatic nitrogens is 3. The molecule has 1 N–H and O–H groups in total. The van der Waals surface area contributed by atoms with Crippen molar-refractivity contribution in [3.63, 3.8) is 0 Å². The molecule has 140 valence electrons. The van der Waals surface area contributed by atoms with Crippen LogP contribution in [0.5, 0.6) is 0 Å². The quantitative estimate of drug-likeness (QED) is 0.715. The van der Waals surface area contributed by atoms with Crippen LogP contribution in [0.15, 0.2) is 64.1 Å². The minimum Gasteiger partial charge on any atom is -0.337 e. The van der Waals surface area contributed by atoms with E-state index in [1.807, 2.05) is 30.1 Å². The lowest BCUT2D eigenvalue weighted by atomic mass is 10.2. The summed E-state index contributed by atoms with van der Waals surface area (Å²) in [4.78, 5) is 10.9. The van der Waals surface area contributed by atoms with Gasteiger partial charge in [-0.15, -0.1) is 0 Å². The summed E-state index contributed by atoms with van der Waals surface area (Å²) in [5, 5.41) is 4.00. The van der Waals surface area contributed by atoms with Crippen LogP contribution in [0, 0.1) is 0 Å². The maximum Gasteiger partial charge on any atom is 0.244 e. The van der Waals surface area contributed by atoms with Gasteiger partial charge in [-0.2, -0.15) is 4.98 Å². The molecule has 0 radical (unpaired) electrons. The predicted molar refractivity (Wildman–Crippen MR) is 98.1 cm³/mol. The van der Waals surface area contributed by atoms with E-state index in [9.17, 15) is 8.42 Å². The fourth-order valence-corrected chi connectivity index (χ4v) is 4.49. The Balaban J connectivity index is 1.48. The average molecular weight is 385 g/mol. The fraction of sp³-hybridized carbons (Fsp3) is 0.278. The van der Waals surface area contributed by atoms with E-state index >= 15 is 0 Å². The van der Waals surface area contributed by atoms with Crippen LogP contribution in [0.2, 0.25) is 0 Å². The molecule has 1 fully saturated rings. The summed E-state index contributed by atoms with van der Waals surface area (Å²) in [5.41, 5.74) is 0.634. The van der Waals surface area contributed by atoms with E-state index in [1.165, 1.54) is 0 Å². The molecule has 0 bridgehead atoms. The lowest BCUT2D eigenvalue weighted by molar-refractivity contribution is 0.244. The van der Waals surface area contributed by atoms with Gasteiger partial charge >= 0.3 is 0 Å². The number of likely N-dealkylation sites (tertiary alicyclic amines) is 1. The largest absolute Gasteiger partial charge is 0.337 e. The molecule has 27 heavy (non-hydrogen) atoms. The van der Waals surface area contributed by atoms with E-state index in [0.29, 0.717) is 30.4 Å². The summed E-state index contributed by atoms with van der Waals surface area (Å²) in [6.07, 6.45) is 2.22. The Labute approximate surface area is 157 Å². The highest BCUT2D eigenvalue weighted by molar-refractivity contribution is 7.89. The van der Waals surface area contributed by atoms with Gasteiger partial charge in [0.2, 0.25) is 21.7 Å². The van der Waals surface area contributed by atoms with Gasteiger partial charge in [-0.3, -0.25) is 9.88 Å². The van der Waals surface area contributed by atoms with Crippen molar-refractivity contribution in [1.82, 2.24) is 24.7 Å². The molecular weight excluding hydrogens is 366 g/mol. The molecule has 0 spiro atoms. The van der Waals surface area contributed by atoms with E-state index in [0.717, 1.165) is 0 Å². The van der Waals surface area contributed by atoms with Crippen LogP contribution >= 0.6 is 0 Å². The first-order valence-corrected chi connectivity index (χ1v) is 10.0. The third-order valence-electron chi connectivity index (χ3n) is 4.54. The number of nitrogens with zero attached hydrogens (tertiary/aromatic N) is 4. The summed E-state index contributed by atoms with van der Waals surface area (Å²) in [7, 11) is -1.65. The second-order valence-corrected chi connectivity index (χ2v) is 8.21. The molecule has 2 unspecified atom stereocenters. The van der Waals surface area contributed by atoms with E-state index in [1.54, 1.807) is 36.5 Å². The number of hydrogen-bond donors (Lipinski definition) is 1. The number of pyridine rings is 1. The van der Waals surface area contributed by atoms with Gasteiger partial charge in [0.05, 0.1) is 10.9 Å². The normalized spacial score (nSPS) is 20.8. The van der Waals surface area contributed by atoms with Crippen LogP contribution in [0.4, 0.5) is 0 Å². The van der Waals surface area contributed by atoms with Crippen molar-refractivity contribution in [3.05, 3.63) is 60.6 Å². The maximum atomic E-state index is 12.5. The fourth-order valence-electron chi connectivity index (χ4n) is 3.23. The number of likely N-dealkylation sites (N-methyl/N-ethyl adjacent to an activating group) is 1. The summed E-state index contributed by atoms with van der Waals surface area (Å²) in [6, 6.07) is 13.4. The van der Waals surface area contributed by atoms with Crippen molar-refractivity contribution in [2.45, 2.75) is 23.4 Å². The minimum absolute atomic E-state index is 0.154. The lowest BCUT2D eigenvalue weighted by Gasteiger charge is -2.14. The first-order chi connectivity index (χ1) is 13.0. The SMILES string of the molecule is CN1CC(NS(=O)(=O)c2ccccc2)CC1c1nc(-c2ccccn2)no1. The maximum absolute atomic E-state index is 12.5. The molecule has 1 saturated heterocycles. The van der Waals surface area contributed by atoms with Crippen LogP contribution in [0.1, 0.15) is 18.4 Å². The molecule has 9 heteroatoms. The standard InChI is InChI=1S/C18H19N5O3S/c1-23-12-13(22-27(24,25)14-7-3-2-4-8-14)11-16(23)18-20-17(21-26-18)15-9-5-6-10-19-15/h2-10,13,16,22H,11-12H2,1H3. The van der Waals surface area contributed by atoms with Crippen LogP contribution in [-0.2, 0) is 10.0 Å². The smallest absolute Gasteiger partial charge is 0.244 e. The Morgan fingerprint density at radius 2 is 1.93 bits per heavy atom. The molecule has 1 aromatic carbocycles. The molecule has 0 saturated carbocycles. The molecule has 8 nitrogen and oxygen atoms in total. The highest BCUT2D eigenvalue weighted by Crippen LogP contribution is 2.31. The lowest BCUT2D eigenvalue weighted by Crippen LogP contribution is -2.36. The zero-order valence-electron chi connectivity index (χ0n) is 14.7. The van der Waals surface area contributed by atoms with Crippen LogP contribution in [-0.4, -0.2) is 48.1 Å². The summed E-state index contributed by atoms with van der Waals surface area (Å²) >= 11 is 0. The van der Waals surface area contributed by atoms with Gasteiger partial charge in [-0.1, -0.05) is 29.4 Å². The molecule has 1 aliphatic rings. The van der Waals surface area contributed by atoms with Crippen molar-refractivity contribution < 1.29 is 12.9 Å². The number of benzene rings is 1. The summed E-state index contributed by atoms with van der Waals surface area (Å²) in [6.45, 7) is 0.554. The molecule has 4 rings (SSSR count). The van der Waals surface area contributed by atoms with Crippen molar-refractivity contribution in [2.24, 2.45) is 0 Å². The van der Waals surface area contributed by atoms with Crippen molar-refractivity contribution in [2.75, 3.05) is 13.6 Å². The topological polar surface area (TPSA) is 101 Å². The van der Waals surface area contributed by atoms with E-state index < -0.39 is 10.0 Å². The average Bonchev–Trinajstić information content (AvgIpc) is 3.29. The first-order valence-electron chi connectivity index (χ1n) is 8.55. The Kier molecular flexibility index (Phi) is 4.73. The second kappa shape index (κ2) is 7.18. The van der Waals surface area contributed by atoms with Gasteiger partial charge in [0.15, 0.2) is 0 Å². The van der Waals surface area contributed by atoms with Crippen LogP contribution in [0.25, 0.3) is 11.5 Å². The van der Waals surface area contributed by atoms with Gasteiger partial charge in [0.1, 0.15) is 5.69 Å². The molecule has 3 aromatic rings. The minimum atomic E-state index is -3.56. The number of hydrogen-bond acceptors (Lipinski definition) is 7. The zero-order chi connectivity index (χ0) is 18.9. The van der Waals surface area contributed by atoms with Gasteiger partial charge in [0.25, 0.3) is 0 Å². The number of rotatable bonds is 5. The van der Waals surface area contributed by atoms with Crippen LogP contribution in [0.3, 0.4) is 0 Å². The second-order valence-electron chi connectivity index (χ2n) is 6.49. The van der Waals surface area contributed by atoms with Crippen molar-refractivity contribution in [1.29, 1.82) is 0 Å². The third-order valence-corrected chi connectivity index (χ3v) is 6.08. The first kappa shape index (κ1) is 17.8. The van der Waals surface area contributed by atoms with Gasteiger partial charge in [0, 0.05) is 18.8 Å². The molecule has 0 amide bonds. The van der Waals surface area contributed by atoms with Gasteiger partial charge in [-0.25, -0.2) is 13.1 Å². The van der Waals surface area contributed by atoms with Gasteiger partial charge < -0.3 is 4.52 Å². The highest BCUT2D eigenvalue weighted by Gasteiger charge is 2.36. The third kappa shape index (κ3) is 3.75. The molecule has 3 heterocycles. The van der Waals surface area contributed by atoms with Crippen molar-refractivity contribution in [3.8, 4) is 11.5 Å². The summed E-state index contributed by atoms with van der Waals surface area (Å²) in [5.74, 6) is 0.881. The van der Waals surface area contributed by atoms with E-state index in [4.69, 9.17) is 4.52 Å². The van der Waals surface area contributed by atoms with Crippen molar-refractivity contribution >= 4 is 10.0 Å². The molecule has 0 aliphatic carbocycles. The molecule has 2 atom stereocenters. The summed E-state index contributed by atoms with van der Waals surface area (Å²) < 4.78 is 33.3. The molecule has 1 aliphatic heterocycles.